The average Bonchev–Trinajstić information content (AvgIpc) is 2.73. The molecular formula is C23H23NO5. The van der Waals surface area contributed by atoms with Gasteiger partial charge in [-0.3, -0.25) is 0 Å². The zero-order valence-electron chi connectivity index (χ0n) is 16.9. The summed E-state index contributed by atoms with van der Waals surface area (Å²) >= 11 is 0. The van der Waals surface area contributed by atoms with Crippen LogP contribution in [0.15, 0.2) is 42.5 Å². The molecule has 6 nitrogen and oxygen atoms in total. The second-order valence-corrected chi connectivity index (χ2v) is 6.71. The molecule has 0 aliphatic rings. The number of carbonyl (C=O) groups excluding carboxylic acids is 2. The van der Waals surface area contributed by atoms with E-state index < -0.39 is 11.9 Å². The number of nitrogens with zero attached hydrogens (tertiary/aromatic N) is 1. The van der Waals surface area contributed by atoms with E-state index in [1.165, 1.54) is 7.11 Å². The van der Waals surface area contributed by atoms with Crippen LogP contribution in [-0.2, 0) is 20.9 Å². The predicted octanol–water partition coefficient (Wildman–Crippen LogP) is 4.07. The van der Waals surface area contributed by atoms with Crippen molar-refractivity contribution in [1.29, 1.82) is 0 Å². The van der Waals surface area contributed by atoms with Crippen LogP contribution in [0, 0.1) is 20.8 Å². The van der Waals surface area contributed by atoms with E-state index in [-0.39, 0.29) is 13.2 Å². The predicted molar refractivity (Wildman–Crippen MR) is 109 cm³/mol. The van der Waals surface area contributed by atoms with Gasteiger partial charge in [-0.15, -0.1) is 0 Å². The maximum Gasteiger partial charge on any atom is 0.344 e. The van der Waals surface area contributed by atoms with E-state index in [0.717, 1.165) is 27.6 Å². The van der Waals surface area contributed by atoms with Gasteiger partial charge in [0.1, 0.15) is 12.4 Å². The topological polar surface area (TPSA) is 74.7 Å². The van der Waals surface area contributed by atoms with Crippen molar-refractivity contribution in [1.82, 2.24) is 4.98 Å². The molecule has 3 rings (SSSR count). The highest BCUT2D eigenvalue weighted by Crippen LogP contribution is 2.24. The first kappa shape index (κ1) is 20.3. The lowest BCUT2D eigenvalue weighted by atomic mass is 10.0. The van der Waals surface area contributed by atoms with Crippen molar-refractivity contribution in [2.75, 3.05) is 13.7 Å². The summed E-state index contributed by atoms with van der Waals surface area (Å²) in [6.07, 6.45) is 0. The summed E-state index contributed by atoms with van der Waals surface area (Å²) in [5, 5.41) is 0.848. The number of rotatable bonds is 6. The maximum atomic E-state index is 12.3. The third-order valence-electron chi connectivity index (χ3n) is 4.89. The van der Waals surface area contributed by atoms with E-state index in [0.29, 0.717) is 17.0 Å². The zero-order valence-corrected chi connectivity index (χ0v) is 16.9. The van der Waals surface area contributed by atoms with Crippen molar-refractivity contribution in [2.24, 2.45) is 0 Å². The highest BCUT2D eigenvalue weighted by molar-refractivity contribution is 5.98. The Morgan fingerprint density at radius 1 is 0.966 bits per heavy atom. The number of hydrogen-bond donors (Lipinski definition) is 0. The molecule has 0 saturated heterocycles. The van der Waals surface area contributed by atoms with Crippen molar-refractivity contribution in [3.05, 3.63) is 70.4 Å². The fraction of sp³-hybridized carbons (Fsp3) is 0.261. The van der Waals surface area contributed by atoms with Gasteiger partial charge < -0.3 is 14.2 Å². The molecule has 6 heteroatoms. The fourth-order valence-corrected chi connectivity index (χ4v) is 3.13. The van der Waals surface area contributed by atoms with Gasteiger partial charge in [-0.2, -0.15) is 0 Å². The van der Waals surface area contributed by atoms with Crippen LogP contribution >= 0.6 is 0 Å². The van der Waals surface area contributed by atoms with Gasteiger partial charge in [0.2, 0.25) is 0 Å². The van der Waals surface area contributed by atoms with Gasteiger partial charge in [0.25, 0.3) is 0 Å². The molecule has 0 atom stereocenters. The second kappa shape index (κ2) is 8.73. The van der Waals surface area contributed by atoms with Gasteiger partial charge in [-0.25, -0.2) is 14.6 Å². The molecule has 2 aromatic carbocycles. The molecule has 0 saturated carbocycles. The number of ether oxygens (including phenoxy) is 3. The minimum Gasteiger partial charge on any atom is -0.482 e. The van der Waals surface area contributed by atoms with Crippen molar-refractivity contribution < 1.29 is 23.8 Å². The first-order valence-corrected chi connectivity index (χ1v) is 9.23. The Labute approximate surface area is 169 Å². The molecule has 0 bridgehead atoms. The van der Waals surface area contributed by atoms with Crippen molar-refractivity contribution in [3.63, 3.8) is 0 Å². The number of hydrogen-bond acceptors (Lipinski definition) is 6. The molecule has 150 valence electrons. The van der Waals surface area contributed by atoms with Crippen LogP contribution < -0.4 is 4.74 Å². The molecule has 0 unspecified atom stereocenters. The summed E-state index contributed by atoms with van der Waals surface area (Å²) in [4.78, 5) is 29.0. The molecule has 0 aliphatic carbocycles. The molecule has 29 heavy (non-hydrogen) atoms. The van der Waals surface area contributed by atoms with E-state index in [1.54, 1.807) is 6.07 Å². The highest BCUT2D eigenvalue weighted by Gasteiger charge is 2.20. The molecule has 3 aromatic rings. The summed E-state index contributed by atoms with van der Waals surface area (Å²) < 4.78 is 15.8. The number of carbonyl (C=O) groups is 2. The van der Waals surface area contributed by atoms with Gasteiger partial charge in [0.05, 0.1) is 23.9 Å². The quantitative estimate of drug-likeness (QED) is 0.588. The Morgan fingerprint density at radius 2 is 1.72 bits per heavy atom. The van der Waals surface area contributed by atoms with Crippen LogP contribution in [0.4, 0.5) is 0 Å². The Kier molecular flexibility index (Phi) is 6.12. The summed E-state index contributed by atoms with van der Waals surface area (Å²) in [6, 6.07) is 13.1. The van der Waals surface area contributed by atoms with Gasteiger partial charge in [0, 0.05) is 5.39 Å². The first-order chi connectivity index (χ1) is 13.9. The van der Waals surface area contributed by atoms with Gasteiger partial charge >= 0.3 is 11.9 Å². The van der Waals surface area contributed by atoms with Gasteiger partial charge in [-0.1, -0.05) is 30.3 Å². The summed E-state index contributed by atoms with van der Waals surface area (Å²) in [6.45, 7) is 5.35. The summed E-state index contributed by atoms with van der Waals surface area (Å²) in [7, 11) is 1.31. The molecular weight excluding hydrogens is 370 g/mol. The minimum absolute atomic E-state index is 0.148. The van der Waals surface area contributed by atoms with Crippen LogP contribution in [0.2, 0.25) is 0 Å². The Hall–Kier alpha value is -3.41. The van der Waals surface area contributed by atoms with Crippen LogP contribution in [-0.4, -0.2) is 30.6 Å². The van der Waals surface area contributed by atoms with E-state index >= 15 is 0 Å². The third-order valence-corrected chi connectivity index (χ3v) is 4.89. The fourth-order valence-electron chi connectivity index (χ4n) is 3.13. The van der Waals surface area contributed by atoms with E-state index in [2.05, 4.69) is 4.98 Å². The normalized spacial score (nSPS) is 10.6. The summed E-state index contributed by atoms with van der Waals surface area (Å²) in [5.74, 6) is -0.426. The van der Waals surface area contributed by atoms with Gasteiger partial charge in [0.15, 0.2) is 6.61 Å². The van der Waals surface area contributed by atoms with E-state index in [9.17, 15) is 9.59 Å². The number of benzene rings is 2. The van der Waals surface area contributed by atoms with Crippen molar-refractivity contribution >= 4 is 22.8 Å². The Morgan fingerprint density at radius 3 is 2.48 bits per heavy atom. The molecule has 0 radical (unpaired) electrons. The molecule has 0 fully saturated rings. The third kappa shape index (κ3) is 4.37. The van der Waals surface area contributed by atoms with Crippen LogP contribution in [0.25, 0.3) is 10.9 Å². The molecule has 0 amide bonds. The number of pyridine rings is 1. The zero-order chi connectivity index (χ0) is 21.0. The van der Waals surface area contributed by atoms with Crippen molar-refractivity contribution in [3.8, 4) is 5.75 Å². The molecule has 0 spiro atoms. The van der Waals surface area contributed by atoms with Crippen LogP contribution in [0.3, 0.4) is 0 Å². The molecule has 1 heterocycles. The first-order valence-electron chi connectivity index (χ1n) is 9.23. The molecule has 1 aromatic heterocycles. The second-order valence-electron chi connectivity index (χ2n) is 6.71. The SMILES string of the molecule is COC(=O)c1c(COC(=O)COc2cccc(C)c2C)nc2ccccc2c1C. The van der Waals surface area contributed by atoms with E-state index in [4.69, 9.17) is 14.2 Å². The smallest absolute Gasteiger partial charge is 0.344 e. The number of methoxy groups -OCH3 is 1. The molecule has 0 N–H and O–H groups in total. The Bertz CT molecular complexity index is 1070. The summed E-state index contributed by atoms with van der Waals surface area (Å²) in [5.41, 5.74) is 4.17. The maximum absolute atomic E-state index is 12.3. The largest absolute Gasteiger partial charge is 0.482 e. The lowest BCUT2D eigenvalue weighted by Gasteiger charge is -2.14. The number of aromatic nitrogens is 1. The number of aryl methyl sites for hydroxylation is 2. The lowest BCUT2D eigenvalue weighted by Crippen LogP contribution is -2.18. The number of esters is 2. The monoisotopic (exact) mass is 393 g/mol. The minimum atomic E-state index is -0.547. The highest BCUT2D eigenvalue weighted by atomic mass is 16.6. The van der Waals surface area contributed by atoms with Gasteiger partial charge in [-0.05, 0) is 49.6 Å². The van der Waals surface area contributed by atoms with E-state index in [1.807, 2.05) is 57.2 Å². The van der Waals surface area contributed by atoms with Crippen LogP contribution in [0.1, 0.15) is 32.7 Å². The number of fused-ring (bicyclic) bond motifs is 1. The average molecular weight is 393 g/mol. The lowest BCUT2D eigenvalue weighted by molar-refractivity contribution is -0.147. The van der Waals surface area contributed by atoms with Crippen LogP contribution in [0.5, 0.6) is 5.75 Å². The number of para-hydroxylation sites is 1. The van der Waals surface area contributed by atoms with Crippen molar-refractivity contribution in [2.45, 2.75) is 27.4 Å². The standard InChI is InChI=1S/C23H23NO5/c1-14-8-7-11-20(15(14)2)28-13-21(25)29-12-19-22(23(26)27-4)16(3)17-9-5-6-10-18(17)24-19/h5-11H,12-13H2,1-4H3. The molecule has 0 aliphatic heterocycles. The Balaban J connectivity index is 1.76.